The summed E-state index contributed by atoms with van der Waals surface area (Å²) >= 11 is 1.24. The van der Waals surface area contributed by atoms with E-state index < -0.39 is 6.09 Å². The molecule has 1 amide bonds. The first-order chi connectivity index (χ1) is 8.02. The Balaban J connectivity index is 2.52. The van der Waals surface area contributed by atoms with Gasteiger partial charge in [-0.1, -0.05) is 19.0 Å². The highest BCUT2D eigenvalue weighted by molar-refractivity contribution is 7.14. The second-order valence-corrected chi connectivity index (χ2v) is 4.70. The molecule has 94 valence electrons. The molecule has 1 rings (SSSR count). The molecule has 0 aliphatic rings. The Morgan fingerprint density at radius 2 is 2.41 bits per heavy atom. The van der Waals surface area contributed by atoms with Gasteiger partial charge in [0.2, 0.25) is 0 Å². The van der Waals surface area contributed by atoms with Crippen molar-refractivity contribution in [3.05, 3.63) is 11.1 Å². The average Bonchev–Trinajstić information content (AvgIpc) is 2.73. The van der Waals surface area contributed by atoms with Gasteiger partial charge >= 0.3 is 6.09 Å². The zero-order valence-corrected chi connectivity index (χ0v) is 10.7. The van der Waals surface area contributed by atoms with Gasteiger partial charge in [-0.2, -0.15) is 0 Å². The number of thiazole rings is 1. The summed E-state index contributed by atoms with van der Waals surface area (Å²) in [6.07, 6.45) is -0.529. The minimum atomic E-state index is -0.529. The first-order valence-electron chi connectivity index (χ1n) is 5.11. The largest absolute Gasteiger partial charge is 0.449 e. The van der Waals surface area contributed by atoms with Gasteiger partial charge in [0.1, 0.15) is 11.4 Å². The van der Waals surface area contributed by atoms with Crippen LogP contribution in [0.4, 0.5) is 9.93 Å². The molecule has 0 aromatic carbocycles. The first-order valence-corrected chi connectivity index (χ1v) is 5.99. The van der Waals surface area contributed by atoms with Crippen LogP contribution in [0.1, 0.15) is 26.5 Å². The van der Waals surface area contributed by atoms with Crippen molar-refractivity contribution in [1.29, 1.82) is 0 Å². The van der Waals surface area contributed by atoms with Gasteiger partial charge in [-0.25, -0.2) is 9.78 Å². The summed E-state index contributed by atoms with van der Waals surface area (Å²) in [6, 6.07) is 0. The number of oxime groups is 1. The Morgan fingerprint density at radius 1 is 1.71 bits per heavy atom. The van der Waals surface area contributed by atoms with Gasteiger partial charge in [0, 0.05) is 5.38 Å². The van der Waals surface area contributed by atoms with Crippen LogP contribution in [-0.4, -0.2) is 28.6 Å². The maximum atomic E-state index is 11.3. The molecular weight excluding hydrogens is 242 g/mol. The monoisotopic (exact) mass is 257 g/mol. The van der Waals surface area contributed by atoms with Gasteiger partial charge in [0.05, 0.1) is 6.61 Å². The molecule has 0 atom stereocenters. The molecule has 0 aliphatic carbocycles. The lowest BCUT2D eigenvalue weighted by atomic mass is 10.2. The predicted octanol–water partition coefficient (Wildman–Crippen LogP) is 2.55. The average molecular weight is 257 g/mol. The summed E-state index contributed by atoms with van der Waals surface area (Å²) in [7, 11) is 0. The summed E-state index contributed by atoms with van der Waals surface area (Å²) < 4.78 is 4.94. The fourth-order valence-corrected chi connectivity index (χ4v) is 1.65. The van der Waals surface area contributed by atoms with E-state index in [-0.39, 0.29) is 5.92 Å². The van der Waals surface area contributed by atoms with Crippen LogP contribution in [0.5, 0.6) is 0 Å². The van der Waals surface area contributed by atoms with E-state index in [0.717, 1.165) is 0 Å². The second kappa shape index (κ2) is 6.19. The number of hydrogen-bond acceptors (Lipinski definition) is 6. The Morgan fingerprint density at radius 3 is 3.00 bits per heavy atom. The lowest BCUT2D eigenvalue weighted by Gasteiger charge is -2.06. The summed E-state index contributed by atoms with van der Waals surface area (Å²) in [5, 5.41) is 16.2. The third-order valence-electron chi connectivity index (χ3n) is 1.78. The first kappa shape index (κ1) is 13.4. The van der Waals surface area contributed by atoms with Crippen LogP contribution in [0.25, 0.3) is 0 Å². The number of anilines is 1. The number of amides is 1. The summed E-state index contributed by atoms with van der Waals surface area (Å²) in [5.74, 6) is 0.288. The lowest BCUT2D eigenvalue weighted by Crippen LogP contribution is -2.16. The van der Waals surface area contributed by atoms with E-state index >= 15 is 0 Å². The van der Waals surface area contributed by atoms with Crippen molar-refractivity contribution in [2.24, 2.45) is 11.1 Å². The minimum absolute atomic E-state index is 0.288. The predicted molar refractivity (Wildman–Crippen MR) is 65.9 cm³/mol. The summed E-state index contributed by atoms with van der Waals surface area (Å²) in [6.45, 7) is 5.89. The molecule has 17 heavy (non-hydrogen) atoms. The van der Waals surface area contributed by atoms with Crippen molar-refractivity contribution in [2.45, 2.75) is 20.8 Å². The highest BCUT2D eigenvalue weighted by Gasteiger charge is 2.09. The van der Waals surface area contributed by atoms with E-state index in [1.165, 1.54) is 11.3 Å². The summed E-state index contributed by atoms with van der Waals surface area (Å²) in [4.78, 5) is 15.4. The number of aromatic nitrogens is 1. The van der Waals surface area contributed by atoms with Crippen molar-refractivity contribution in [1.82, 2.24) is 4.98 Å². The van der Waals surface area contributed by atoms with Crippen LogP contribution in [0.15, 0.2) is 10.5 Å². The van der Waals surface area contributed by atoms with E-state index in [2.05, 4.69) is 15.5 Å². The van der Waals surface area contributed by atoms with Crippen molar-refractivity contribution in [2.75, 3.05) is 11.9 Å². The molecule has 1 aromatic heterocycles. The van der Waals surface area contributed by atoms with Crippen molar-refractivity contribution in [3.8, 4) is 0 Å². The Hall–Kier alpha value is -1.63. The maximum Gasteiger partial charge on any atom is 0.413 e. The topological polar surface area (TPSA) is 83.8 Å². The molecule has 0 bridgehead atoms. The fraction of sp³-hybridized carbons (Fsp3) is 0.500. The summed E-state index contributed by atoms with van der Waals surface area (Å²) in [5.41, 5.74) is 0.918. The van der Waals surface area contributed by atoms with Crippen LogP contribution in [0.3, 0.4) is 0 Å². The zero-order chi connectivity index (χ0) is 12.8. The maximum absolute atomic E-state index is 11.3. The van der Waals surface area contributed by atoms with Gasteiger partial charge < -0.3 is 9.94 Å². The van der Waals surface area contributed by atoms with Crippen LogP contribution in [-0.2, 0) is 4.74 Å². The second-order valence-electron chi connectivity index (χ2n) is 3.84. The third kappa shape index (κ3) is 4.39. The normalized spacial score (nSPS) is 11.6. The van der Waals surface area contributed by atoms with Crippen molar-refractivity contribution < 1.29 is 14.7 Å². The molecule has 0 unspecified atom stereocenters. The van der Waals surface area contributed by atoms with E-state index in [1.54, 1.807) is 12.3 Å². The number of nitrogens with zero attached hydrogens (tertiary/aromatic N) is 2. The van der Waals surface area contributed by atoms with Gasteiger partial charge in [-0.3, -0.25) is 5.32 Å². The van der Waals surface area contributed by atoms with Gasteiger partial charge in [-0.15, -0.1) is 11.3 Å². The number of hydrogen-bond donors (Lipinski definition) is 2. The van der Waals surface area contributed by atoms with Gasteiger partial charge in [0.25, 0.3) is 0 Å². The quantitative estimate of drug-likeness (QED) is 0.493. The molecule has 1 aromatic rings. The number of carbonyl (C=O) groups is 1. The van der Waals surface area contributed by atoms with Gasteiger partial charge in [-0.05, 0) is 12.8 Å². The molecule has 2 N–H and O–H groups in total. The molecule has 0 saturated heterocycles. The number of carbonyl (C=O) groups excluding carboxylic acids is 1. The zero-order valence-electron chi connectivity index (χ0n) is 9.93. The van der Waals surface area contributed by atoms with Crippen LogP contribution >= 0.6 is 11.3 Å². The number of rotatable bonds is 4. The minimum Gasteiger partial charge on any atom is -0.449 e. The molecule has 0 saturated carbocycles. The SMILES string of the molecule is CC(=NO)c1csc(NC(=O)OCC(C)C)n1. The van der Waals surface area contributed by atoms with Gasteiger partial charge in [0.15, 0.2) is 5.13 Å². The Kier molecular flexibility index (Phi) is 4.89. The van der Waals surface area contributed by atoms with Crippen molar-refractivity contribution in [3.63, 3.8) is 0 Å². The molecule has 0 fully saturated rings. The molecule has 0 aliphatic heterocycles. The molecular formula is C10H15N3O3S. The number of nitrogens with one attached hydrogen (secondary N) is 1. The number of ether oxygens (including phenoxy) is 1. The third-order valence-corrected chi connectivity index (χ3v) is 2.54. The fourth-order valence-electron chi connectivity index (χ4n) is 0.914. The van der Waals surface area contributed by atoms with E-state index in [1.807, 2.05) is 13.8 Å². The Bertz CT molecular complexity index is 415. The van der Waals surface area contributed by atoms with Crippen LogP contribution < -0.4 is 5.32 Å². The van der Waals surface area contributed by atoms with E-state index in [0.29, 0.717) is 23.1 Å². The smallest absolute Gasteiger partial charge is 0.413 e. The highest BCUT2D eigenvalue weighted by Crippen LogP contribution is 2.16. The standard InChI is InChI=1S/C10H15N3O3S/c1-6(2)4-16-10(14)12-9-11-8(5-17-9)7(3)13-15/h5-6,15H,4H2,1-3H3,(H,11,12,14). The highest BCUT2D eigenvalue weighted by atomic mass is 32.1. The molecule has 1 heterocycles. The van der Waals surface area contributed by atoms with E-state index in [4.69, 9.17) is 9.94 Å². The van der Waals surface area contributed by atoms with Crippen LogP contribution in [0, 0.1) is 5.92 Å². The molecule has 6 nitrogen and oxygen atoms in total. The van der Waals surface area contributed by atoms with Crippen molar-refractivity contribution >= 4 is 28.3 Å². The van der Waals surface area contributed by atoms with Crippen LogP contribution in [0.2, 0.25) is 0 Å². The van der Waals surface area contributed by atoms with E-state index in [9.17, 15) is 4.79 Å². The molecule has 0 radical (unpaired) electrons. The lowest BCUT2D eigenvalue weighted by molar-refractivity contribution is 0.147. The Labute approximate surface area is 103 Å². The molecule has 0 spiro atoms. The molecule has 7 heteroatoms.